The first-order chi connectivity index (χ1) is 4.56. The topological polar surface area (TPSA) is 21.3 Å². The monoisotopic (exact) mass is 141 g/mol. The number of hydrogen-bond donors (Lipinski definition) is 1. The molecule has 2 heteroatoms. The van der Waals surface area contributed by atoms with Crippen LogP contribution >= 0.6 is 0 Å². The summed E-state index contributed by atoms with van der Waals surface area (Å²) in [6.45, 7) is 6.35. The Hall–Kier alpha value is -0.500. The summed E-state index contributed by atoms with van der Waals surface area (Å²) in [7, 11) is 1.72. The molecule has 1 unspecified atom stereocenters. The van der Waals surface area contributed by atoms with E-state index in [4.69, 9.17) is 4.74 Å². The van der Waals surface area contributed by atoms with E-state index in [-0.39, 0.29) is 5.54 Å². The molecular weight excluding hydrogens is 126 g/mol. The van der Waals surface area contributed by atoms with Crippen LogP contribution in [0.3, 0.4) is 0 Å². The van der Waals surface area contributed by atoms with E-state index in [9.17, 15) is 0 Å². The highest BCUT2D eigenvalue weighted by atomic mass is 16.5. The predicted molar refractivity (Wildman–Crippen MR) is 41.8 cm³/mol. The molecule has 0 aliphatic carbocycles. The second kappa shape index (κ2) is 2.27. The van der Waals surface area contributed by atoms with Gasteiger partial charge < -0.3 is 4.74 Å². The Morgan fingerprint density at radius 3 is 2.40 bits per heavy atom. The van der Waals surface area contributed by atoms with Gasteiger partial charge in [0.2, 0.25) is 0 Å². The van der Waals surface area contributed by atoms with Gasteiger partial charge in [-0.3, -0.25) is 5.32 Å². The molecule has 1 rings (SSSR count). The van der Waals surface area contributed by atoms with Gasteiger partial charge in [-0.25, -0.2) is 0 Å². The molecule has 1 heterocycles. The largest absolute Gasteiger partial charge is 0.499 e. The maximum atomic E-state index is 5.20. The molecule has 1 atom stereocenters. The van der Waals surface area contributed by atoms with Crippen molar-refractivity contribution in [2.45, 2.75) is 32.4 Å². The third kappa shape index (κ3) is 1.16. The number of rotatable bonds is 1. The van der Waals surface area contributed by atoms with E-state index in [0.717, 1.165) is 5.76 Å². The van der Waals surface area contributed by atoms with E-state index in [1.54, 1.807) is 7.11 Å². The van der Waals surface area contributed by atoms with Crippen LogP contribution < -0.4 is 5.32 Å². The van der Waals surface area contributed by atoms with Crippen molar-refractivity contribution in [3.8, 4) is 0 Å². The molecular formula is C8H15NO. The molecule has 0 bridgehead atoms. The zero-order chi connectivity index (χ0) is 7.78. The summed E-state index contributed by atoms with van der Waals surface area (Å²) in [4.78, 5) is 0. The van der Waals surface area contributed by atoms with Gasteiger partial charge in [-0.2, -0.15) is 0 Å². The zero-order valence-electron chi connectivity index (χ0n) is 7.06. The highest BCUT2D eigenvalue weighted by Gasteiger charge is 2.31. The lowest BCUT2D eigenvalue weighted by atomic mass is 10.1. The van der Waals surface area contributed by atoms with Crippen molar-refractivity contribution >= 4 is 0 Å². The summed E-state index contributed by atoms with van der Waals surface area (Å²) in [5, 5.41) is 3.38. The van der Waals surface area contributed by atoms with Gasteiger partial charge in [-0.15, -0.1) is 0 Å². The van der Waals surface area contributed by atoms with Gasteiger partial charge in [-0.05, 0) is 26.8 Å². The molecule has 0 spiro atoms. The van der Waals surface area contributed by atoms with Crippen LogP contribution in [0, 0.1) is 0 Å². The van der Waals surface area contributed by atoms with Crippen molar-refractivity contribution in [2.75, 3.05) is 7.11 Å². The number of methoxy groups -OCH3 is 1. The summed E-state index contributed by atoms with van der Waals surface area (Å²) < 4.78 is 5.20. The second-order valence-corrected chi connectivity index (χ2v) is 3.29. The van der Waals surface area contributed by atoms with Crippen LogP contribution in [0.15, 0.2) is 11.8 Å². The maximum absolute atomic E-state index is 5.20. The summed E-state index contributed by atoms with van der Waals surface area (Å²) in [5.74, 6) is 1.04. The normalized spacial score (nSPS) is 30.0. The van der Waals surface area contributed by atoms with Gasteiger partial charge in [0, 0.05) is 6.04 Å². The lowest BCUT2D eigenvalue weighted by Gasteiger charge is -2.22. The lowest BCUT2D eigenvalue weighted by Crippen LogP contribution is -2.39. The standard InChI is InChI=1S/C8H15NO/c1-6-5-7(10-4)8(2,3)9-6/h5-6,9H,1-4H3. The van der Waals surface area contributed by atoms with Gasteiger partial charge in [0.15, 0.2) is 0 Å². The van der Waals surface area contributed by atoms with E-state index < -0.39 is 0 Å². The third-order valence-corrected chi connectivity index (χ3v) is 1.83. The van der Waals surface area contributed by atoms with Crippen LogP contribution in [0.1, 0.15) is 20.8 Å². The third-order valence-electron chi connectivity index (χ3n) is 1.83. The molecule has 0 amide bonds. The average molecular weight is 141 g/mol. The molecule has 0 radical (unpaired) electrons. The second-order valence-electron chi connectivity index (χ2n) is 3.29. The molecule has 1 aliphatic rings. The van der Waals surface area contributed by atoms with Gasteiger partial charge >= 0.3 is 0 Å². The number of nitrogens with one attached hydrogen (secondary N) is 1. The average Bonchev–Trinajstić information content (AvgIpc) is 2.04. The Balaban J connectivity index is 2.76. The molecule has 1 N–H and O–H groups in total. The fraction of sp³-hybridized carbons (Fsp3) is 0.750. The van der Waals surface area contributed by atoms with Crippen LogP contribution in [0.5, 0.6) is 0 Å². The molecule has 58 valence electrons. The van der Waals surface area contributed by atoms with Gasteiger partial charge in [0.25, 0.3) is 0 Å². The van der Waals surface area contributed by atoms with Crippen LogP contribution in [-0.2, 0) is 4.74 Å². The Kier molecular flexibility index (Phi) is 1.73. The molecule has 1 aliphatic heterocycles. The molecule has 0 aromatic carbocycles. The van der Waals surface area contributed by atoms with Gasteiger partial charge in [-0.1, -0.05) is 0 Å². The minimum Gasteiger partial charge on any atom is -0.499 e. The van der Waals surface area contributed by atoms with Gasteiger partial charge in [0.1, 0.15) is 5.76 Å². The first kappa shape index (κ1) is 7.61. The van der Waals surface area contributed by atoms with E-state index in [1.807, 2.05) is 0 Å². The van der Waals surface area contributed by atoms with Crippen LogP contribution in [0.25, 0.3) is 0 Å². The fourth-order valence-electron chi connectivity index (χ4n) is 1.44. The van der Waals surface area contributed by atoms with E-state index in [2.05, 4.69) is 32.2 Å². The Bertz CT molecular complexity index is 161. The highest BCUT2D eigenvalue weighted by molar-refractivity contribution is 5.20. The maximum Gasteiger partial charge on any atom is 0.113 e. The minimum atomic E-state index is 0.0220. The fourth-order valence-corrected chi connectivity index (χ4v) is 1.44. The quantitative estimate of drug-likeness (QED) is 0.594. The smallest absolute Gasteiger partial charge is 0.113 e. The van der Waals surface area contributed by atoms with Crippen molar-refractivity contribution in [3.05, 3.63) is 11.8 Å². The Morgan fingerprint density at radius 2 is 2.20 bits per heavy atom. The van der Waals surface area contributed by atoms with Crippen molar-refractivity contribution in [2.24, 2.45) is 0 Å². The number of ether oxygens (including phenoxy) is 1. The van der Waals surface area contributed by atoms with Gasteiger partial charge in [0.05, 0.1) is 12.6 Å². The van der Waals surface area contributed by atoms with E-state index in [0.29, 0.717) is 6.04 Å². The van der Waals surface area contributed by atoms with Crippen LogP contribution in [-0.4, -0.2) is 18.7 Å². The summed E-state index contributed by atoms with van der Waals surface area (Å²) >= 11 is 0. The first-order valence-electron chi connectivity index (χ1n) is 3.60. The SMILES string of the molecule is COC1=CC(C)NC1(C)C. The molecule has 0 saturated carbocycles. The zero-order valence-corrected chi connectivity index (χ0v) is 7.06. The van der Waals surface area contributed by atoms with Crippen LogP contribution in [0.2, 0.25) is 0 Å². The highest BCUT2D eigenvalue weighted by Crippen LogP contribution is 2.23. The van der Waals surface area contributed by atoms with Crippen molar-refractivity contribution in [3.63, 3.8) is 0 Å². The van der Waals surface area contributed by atoms with Crippen molar-refractivity contribution < 1.29 is 4.74 Å². The Labute approximate surface area is 62.3 Å². The molecule has 2 nitrogen and oxygen atoms in total. The van der Waals surface area contributed by atoms with Crippen LogP contribution in [0.4, 0.5) is 0 Å². The summed E-state index contributed by atoms with van der Waals surface area (Å²) in [6.07, 6.45) is 2.11. The van der Waals surface area contributed by atoms with E-state index in [1.165, 1.54) is 0 Å². The molecule has 0 aromatic heterocycles. The molecule has 10 heavy (non-hydrogen) atoms. The first-order valence-corrected chi connectivity index (χ1v) is 3.60. The van der Waals surface area contributed by atoms with E-state index >= 15 is 0 Å². The number of hydrogen-bond acceptors (Lipinski definition) is 2. The predicted octanol–water partition coefficient (Wildman–Crippen LogP) is 1.29. The molecule has 0 aromatic rings. The van der Waals surface area contributed by atoms with Crippen molar-refractivity contribution in [1.82, 2.24) is 5.32 Å². The summed E-state index contributed by atoms with van der Waals surface area (Å²) in [5.41, 5.74) is 0.0220. The lowest BCUT2D eigenvalue weighted by molar-refractivity contribution is 0.229. The Morgan fingerprint density at radius 1 is 1.60 bits per heavy atom. The van der Waals surface area contributed by atoms with Crippen molar-refractivity contribution in [1.29, 1.82) is 0 Å². The molecule has 0 saturated heterocycles. The minimum absolute atomic E-state index is 0.0220. The molecule has 0 fully saturated rings. The summed E-state index contributed by atoms with van der Waals surface area (Å²) in [6, 6.07) is 0.435.